The first kappa shape index (κ1) is 19.5. The van der Waals surface area contributed by atoms with E-state index in [0.717, 1.165) is 29.7 Å². The van der Waals surface area contributed by atoms with Crippen molar-refractivity contribution in [1.82, 2.24) is 5.32 Å². The number of fused-ring (bicyclic) bond motifs is 1. The number of anilines is 1. The van der Waals surface area contributed by atoms with Crippen LogP contribution in [0.4, 0.5) is 10.1 Å². The van der Waals surface area contributed by atoms with Gasteiger partial charge in [0.05, 0.1) is 12.0 Å². The van der Waals surface area contributed by atoms with Gasteiger partial charge in [-0.1, -0.05) is 0 Å². The maximum Gasteiger partial charge on any atom is 0.328 e. The van der Waals surface area contributed by atoms with Gasteiger partial charge in [0.15, 0.2) is 5.58 Å². The molecule has 2 atom stereocenters. The molecule has 0 spiro atoms. The third kappa shape index (κ3) is 5.06. The Kier molecular flexibility index (Phi) is 6.35. The summed E-state index contributed by atoms with van der Waals surface area (Å²) < 4.78 is 19.2. The fourth-order valence-corrected chi connectivity index (χ4v) is 2.74. The predicted octanol–water partition coefficient (Wildman–Crippen LogP) is 2.47. The van der Waals surface area contributed by atoms with Gasteiger partial charge in [-0.15, -0.1) is 0 Å². The lowest BCUT2D eigenvalue weighted by Crippen LogP contribution is -2.54. The van der Waals surface area contributed by atoms with Gasteiger partial charge >= 0.3 is 11.9 Å². The van der Waals surface area contributed by atoms with E-state index in [2.05, 4.69) is 24.1 Å². The second-order valence-electron chi connectivity index (χ2n) is 6.08. The van der Waals surface area contributed by atoms with Gasteiger partial charge in [-0.05, 0) is 26.0 Å². The molecule has 2 aromatic rings. The number of furan rings is 1. The topological polar surface area (TPSA) is 103 Å². The number of hydrogen-bond acceptors (Lipinski definition) is 5. The Labute approximate surface area is 149 Å². The van der Waals surface area contributed by atoms with Crippen molar-refractivity contribution >= 4 is 28.6 Å². The Bertz CT molecular complexity index is 801. The Balaban J connectivity index is 0.000000260. The molecule has 140 valence electrons. The fraction of sp³-hybridized carbons (Fsp3) is 0.333. The van der Waals surface area contributed by atoms with Crippen molar-refractivity contribution < 1.29 is 28.6 Å². The van der Waals surface area contributed by atoms with Gasteiger partial charge in [0.2, 0.25) is 0 Å². The number of hydrogen-bond donors (Lipinski definition) is 3. The molecule has 1 aliphatic rings. The molecule has 8 heteroatoms. The molecule has 2 heterocycles. The number of carboxylic acids is 2. The van der Waals surface area contributed by atoms with E-state index in [9.17, 15) is 14.0 Å². The van der Waals surface area contributed by atoms with E-state index < -0.39 is 11.9 Å². The van der Waals surface area contributed by atoms with Gasteiger partial charge in [-0.3, -0.25) is 0 Å². The van der Waals surface area contributed by atoms with Gasteiger partial charge in [0.25, 0.3) is 0 Å². The summed E-state index contributed by atoms with van der Waals surface area (Å²) in [6, 6.07) is 5.61. The number of rotatable bonds is 3. The number of nitrogens with one attached hydrogen (secondary N) is 1. The Morgan fingerprint density at radius 2 is 1.92 bits per heavy atom. The number of benzene rings is 1. The minimum Gasteiger partial charge on any atom is -0.478 e. The number of piperazine rings is 1. The highest BCUT2D eigenvalue weighted by Crippen LogP contribution is 2.31. The molecule has 1 saturated heterocycles. The van der Waals surface area contributed by atoms with E-state index in [1.807, 2.05) is 0 Å². The van der Waals surface area contributed by atoms with Crippen LogP contribution < -0.4 is 10.2 Å². The molecule has 0 amide bonds. The highest BCUT2D eigenvalue weighted by atomic mass is 19.1. The number of aliphatic carboxylic acids is 2. The number of carbonyl (C=O) groups is 2. The molecule has 1 fully saturated rings. The van der Waals surface area contributed by atoms with E-state index in [-0.39, 0.29) is 5.82 Å². The van der Waals surface area contributed by atoms with Crippen LogP contribution in [0, 0.1) is 5.82 Å². The molecule has 0 radical (unpaired) electrons. The SMILES string of the molecule is C[C@H]1CN(c2cc(F)cc3ccoc23)[C@@H](C)CN1.O=C(O)C=CC(=O)O. The van der Waals surface area contributed by atoms with Crippen LogP contribution in [0.15, 0.2) is 41.0 Å². The summed E-state index contributed by atoms with van der Waals surface area (Å²) in [5.41, 5.74) is 1.63. The van der Waals surface area contributed by atoms with Crippen molar-refractivity contribution in [3.8, 4) is 0 Å². The molecule has 1 aromatic carbocycles. The average Bonchev–Trinajstić information content (AvgIpc) is 3.03. The monoisotopic (exact) mass is 364 g/mol. The first-order chi connectivity index (χ1) is 12.3. The van der Waals surface area contributed by atoms with E-state index in [0.29, 0.717) is 24.2 Å². The lowest BCUT2D eigenvalue weighted by molar-refractivity contribution is -0.134. The molecule has 3 N–H and O–H groups in total. The first-order valence-electron chi connectivity index (χ1n) is 8.08. The van der Waals surface area contributed by atoms with Crippen LogP contribution in [0.3, 0.4) is 0 Å². The van der Waals surface area contributed by atoms with Crippen LogP contribution in [0.5, 0.6) is 0 Å². The molecule has 1 aliphatic heterocycles. The third-order valence-corrected chi connectivity index (χ3v) is 3.94. The van der Waals surface area contributed by atoms with Gasteiger partial charge in [0, 0.05) is 48.8 Å². The van der Waals surface area contributed by atoms with E-state index >= 15 is 0 Å². The summed E-state index contributed by atoms with van der Waals surface area (Å²) in [4.78, 5) is 21.3. The quantitative estimate of drug-likeness (QED) is 0.719. The average molecular weight is 364 g/mol. The van der Waals surface area contributed by atoms with Gasteiger partial charge < -0.3 is 24.8 Å². The molecule has 0 aliphatic carbocycles. The normalized spacial score (nSPS) is 20.0. The predicted molar refractivity (Wildman–Crippen MR) is 94.9 cm³/mol. The van der Waals surface area contributed by atoms with Crippen molar-refractivity contribution in [3.63, 3.8) is 0 Å². The Morgan fingerprint density at radius 3 is 2.54 bits per heavy atom. The summed E-state index contributed by atoms with van der Waals surface area (Å²) in [7, 11) is 0. The molecule has 0 bridgehead atoms. The highest BCUT2D eigenvalue weighted by Gasteiger charge is 2.25. The lowest BCUT2D eigenvalue weighted by Gasteiger charge is -2.39. The number of halogens is 1. The van der Waals surface area contributed by atoms with Crippen molar-refractivity contribution in [2.45, 2.75) is 25.9 Å². The number of carboxylic acid groups (broad SMARTS) is 2. The molecular formula is C18H21FN2O5. The van der Waals surface area contributed by atoms with Crippen molar-refractivity contribution in [2.24, 2.45) is 0 Å². The van der Waals surface area contributed by atoms with Crippen LogP contribution >= 0.6 is 0 Å². The second-order valence-corrected chi connectivity index (χ2v) is 6.08. The van der Waals surface area contributed by atoms with Gasteiger partial charge in [-0.2, -0.15) is 0 Å². The van der Waals surface area contributed by atoms with Crippen LogP contribution in [-0.4, -0.2) is 47.3 Å². The Morgan fingerprint density at radius 1 is 1.27 bits per heavy atom. The van der Waals surface area contributed by atoms with Crippen LogP contribution in [0.1, 0.15) is 13.8 Å². The molecule has 0 saturated carbocycles. The van der Waals surface area contributed by atoms with Gasteiger partial charge in [-0.25, -0.2) is 14.0 Å². The van der Waals surface area contributed by atoms with E-state index in [1.165, 1.54) is 6.07 Å². The highest BCUT2D eigenvalue weighted by molar-refractivity contribution is 5.90. The first-order valence-corrected chi connectivity index (χ1v) is 8.08. The molecule has 0 unspecified atom stereocenters. The molecule has 7 nitrogen and oxygen atoms in total. The maximum absolute atomic E-state index is 13.7. The maximum atomic E-state index is 13.7. The second kappa shape index (κ2) is 8.48. The smallest absolute Gasteiger partial charge is 0.328 e. The summed E-state index contributed by atoms with van der Waals surface area (Å²) in [6.07, 6.45) is 2.73. The summed E-state index contributed by atoms with van der Waals surface area (Å²) in [6.45, 7) is 6.04. The van der Waals surface area contributed by atoms with Crippen LogP contribution in [0.2, 0.25) is 0 Å². The molecule has 1 aromatic heterocycles. The van der Waals surface area contributed by atoms with Crippen molar-refractivity contribution in [1.29, 1.82) is 0 Å². The number of nitrogens with zero attached hydrogens (tertiary/aromatic N) is 1. The minimum absolute atomic E-state index is 0.211. The van der Waals surface area contributed by atoms with Crippen molar-refractivity contribution in [3.05, 3.63) is 42.4 Å². The lowest BCUT2D eigenvalue weighted by atomic mass is 10.1. The summed E-state index contributed by atoms with van der Waals surface area (Å²) in [5, 5.41) is 19.9. The summed E-state index contributed by atoms with van der Waals surface area (Å²) in [5.74, 6) is -2.72. The zero-order chi connectivity index (χ0) is 19.3. The van der Waals surface area contributed by atoms with Gasteiger partial charge in [0.1, 0.15) is 5.82 Å². The molecular weight excluding hydrogens is 343 g/mol. The van der Waals surface area contributed by atoms with E-state index in [1.54, 1.807) is 18.4 Å². The largest absolute Gasteiger partial charge is 0.478 e. The fourth-order valence-electron chi connectivity index (χ4n) is 2.74. The summed E-state index contributed by atoms with van der Waals surface area (Å²) >= 11 is 0. The zero-order valence-electron chi connectivity index (χ0n) is 14.5. The Hall–Kier alpha value is -2.87. The standard InChI is InChI=1S/C14H17FN2O.C4H4O4/c1-9-8-17(10(2)7-16-9)13-6-12(15)5-11-3-4-18-14(11)13;5-3(6)1-2-4(7)8/h3-6,9-10,16H,7-8H2,1-2H3;1-2H,(H,5,6)(H,7,8)/t9-,10-;/m0./s1. The van der Waals surface area contributed by atoms with E-state index in [4.69, 9.17) is 14.6 Å². The molecule has 26 heavy (non-hydrogen) atoms. The minimum atomic E-state index is -1.26. The third-order valence-electron chi connectivity index (χ3n) is 3.94. The van der Waals surface area contributed by atoms with Crippen LogP contribution in [-0.2, 0) is 9.59 Å². The van der Waals surface area contributed by atoms with Crippen molar-refractivity contribution in [2.75, 3.05) is 18.0 Å². The van der Waals surface area contributed by atoms with Crippen LogP contribution in [0.25, 0.3) is 11.0 Å². The molecule has 3 rings (SSSR count). The zero-order valence-corrected chi connectivity index (χ0v) is 14.5.